The fraction of sp³-hybridized carbons (Fsp3) is 0.143. The van der Waals surface area contributed by atoms with Crippen molar-refractivity contribution in [3.8, 4) is 6.07 Å². The summed E-state index contributed by atoms with van der Waals surface area (Å²) < 4.78 is 0. The van der Waals surface area contributed by atoms with Gasteiger partial charge in [0.15, 0.2) is 5.57 Å². The third-order valence-corrected chi connectivity index (χ3v) is 1.01. The second-order valence-electron chi connectivity index (χ2n) is 1.60. The van der Waals surface area contributed by atoms with Gasteiger partial charge in [-0.25, -0.2) is 0 Å². The predicted molar refractivity (Wildman–Crippen MR) is 31.8 cm³/mol. The monoisotopic (exact) mass is 104 g/mol. The molecule has 0 aliphatic heterocycles. The summed E-state index contributed by atoms with van der Waals surface area (Å²) in [5.74, 6) is 0. The first-order valence-electron chi connectivity index (χ1n) is 2.53. The van der Waals surface area contributed by atoms with E-state index in [2.05, 4.69) is 6.07 Å². The topological polar surface area (TPSA) is 23.8 Å². The number of hydrogen-bond acceptors (Lipinski definition) is 1. The van der Waals surface area contributed by atoms with E-state index in [1.807, 2.05) is 24.6 Å². The van der Waals surface area contributed by atoms with Crippen LogP contribution in [0.2, 0.25) is 0 Å². The molecule has 0 spiro atoms. The molecule has 0 heterocycles. The first-order valence-corrected chi connectivity index (χ1v) is 2.53. The van der Waals surface area contributed by atoms with E-state index in [-0.39, 0.29) is 0 Å². The van der Waals surface area contributed by atoms with Crippen LogP contribution in [0.5, 0.6) is 0 Å². The van der Waals surface area contributed by atoms with Crippen LogP contribution in [-0.4, -0.2) is 0 Å². The second-order valence-corrected chi connectivity index (χ2v) is 1.60. The van der Waals surface area contributed by atoms with Gasteiger partial charge in [0.05, 0.1) is 6.42 Å². The molecule has 0 saturated heterocycles. The van der Waals surface area contributed by atoms with Crippen LogP contribution in [0.4, 0.5) is 0 Å². The molecule has 38 valence electrons. The molecule has 1 heteroatoms. The van der Waals surface area contributed by atoms with Crippen LogP contribution >= 0.6 is 0 Å². The number of allylic oxidation sites excluding steroid dienone is 4. The Morgan fingerprint density at radius 1 is 1.75 bits per heavy atom. The Hall–Kier alpha value is -1.16. The van der Waals surface area contributed by atoms with Crippen molar-refractivity contribution in [2.45, 2.75) is 6.42 Å². The Morgan fingerprint density at radius 3 is 3.00 bits per heavy atom. The molecular formula is C7H6N+. The van der Waals surface area contributed by atoms with E-state index in [4.69, 9.17) is 5.26 Å². The quantitative estimate of drug-likeness (QED) is 0.428. The van der Waals surface area contributed by atoms with E-state index in [0.717, 1.165) is 12.0 Å². The van der Waals surface area contributed by atoms with Crippen LogP contribution in [0.15, 0.2) is 23.8 Å². The molecule has 0 radical (unpaired) electrons. The molecule has 0 atom stereocenters. The average Bonchev–Trinajstić information content (AvgIpc) is 1.90. The summed E-state index contributed by atoms with van der Waals surface area (Å²) in [5.41, 5.74) is 0.771. The number of nitriles is 1. The number of nitrogens with zero attached hydrogens (tertiary/aromatic N) is 1. The first-order chi connectivity index (χ1) is 3.93. The molecule has 1 aliphatic carbocycles. The zero-order chi connectivity index (χ0) is 5.82. The molecule has 0 N–H and O–H groups in total. The minimum Gasteiger partial charge on any atom is -0.121 e. The van der Waals surface area contributed by atoms with Crippen molar-refractivity contribution in [1.29, 1.82) is 5.26 Å². The molecule has 0 aromatic rings. The summed E-state index contributed by atoms with van der Waals surface area (Å²) in [7, 11) is 0. The van der Waals surface area contributed by atoms with Crippen molar-refractivity contribution in [1.82, 2.24) is 0 Å². The van der Waals surface area contributed by atoms with Crippen LogP contribution in [0.3, 0.4) is 0 Å². The van der Waals surface area contributed by atoms with Crippen LogP contribution in [0.1, 0.15) is 6.42 Å². The zero-order valence-electron chi connectivity index (χ0n) is 4.46. The highest BCUT2D eigenvalue weighted by Crippen LogP contribution is 2.06. The molecule has 0 saturated carbocycles. The average molecular weight is 104 g/mol. The van der Waals surface area contributed by atoms with Gasteiger partial charge in [0.25, 0.3) is 0 Å². The summed E-state index contributed by atoms with van der Waals surface area (Å²) in [6.45, 7) is 0. The number of hydrogen-bond donors (Lipinski definition) is 0. The van der Waals surface area contributed by atoms with Crippen LogP contribution in [0.25, 0.3) is 0 Å². The molecule has 0 aromatic carbocycles. The fourth-order valence-corrected chi connectivity index (χ4v) is 0.596. The molecule has 0 amide bonds. The SMILES string of the molecule is N#CC1=CCC=C[CH+]1. The molecule has 1 rings (SSSR count). The van der Waals surface area contributed by atoms with Gasteiger partial charge < -0.3 is 0 Å². The Morgan fingerprint density at radius 2 is 2.62 bits per heavy atom. The van der Waals surface area contributed by atoms with Gasteiger partial charge in [-0.2, -0.15) is 0 Å². The zero-order valence-corrected chi connectivity index (χ0v) is 4.46. The van der Waals surface area contributed by atoms with Gasteiger partial charge >= 0.3 is 0 Å². The maximum atomic E-state index is 8.31. The van der Waals surface area contributed by atoms with E-state index < -0.39 is 0 Å². The lowest BCUT2D eigenvalue weighted by Crippen LogP contribution is -1.81. The van der Waals surface area contributed by atoms with E-state index >= 15 is 0 Å². The van der Waals surface area contributed by atoms with Gasteiger partial charge in [-0.05, 0) is 6.08 Å². The van der Waals surface area contributed by atoms with Gasteiger partial charge in [-0.3, -0.25) is 0 Å². The molecule has 0 bridgehead atoms. The minimum atomic E-state index is 0.771. The van der Waals surface area contributed by atoms with E-state index in [1.54, 1.807) is 0 Å². The lowest BCUT2D eigenvalue weighted by atomic mass is 10.1. The maximum absolute atomic E-state index is 8.31. The van der Waals surface area contributed by atoms with Gasteiger partial charge in [0.1, 0.15) is 0 Å². The Balaban J connectivity index is 2.59. The highest BCUT2D eigenvalue weighted by Gasteiger charge is 2.03. The number of rotatable bonds is 0. The minimum absolute atomic E-state index is 0.771. The normalized spacial score (nSPS) is 16.1. The third kappa shape index (κ3) is 0.913. The Labute approximate surface area is 48.9 Å². The summed E-state index contributed by atoms with van der Waals surface area (Å²) >= 11 is 0. The van der Waals surface area contributed by atoms with Crippen LogP contribution in [-0.2, 0) is 0 Å². The van der Waals surface area contributed by atoms with Crippen molar-refractivity contribution in [2.24, 2.45) is 0 Å². The lowest BCUT2D eigenvalue weighted by molar-refractivity contribution is 1.29. The van der Waals surface area contributed by atoms with Crippen molar-refractivity contribution < 1.29 is 0 Å². The van der Waals surface area contributed by atoms with Crippen molar-refractivity contribution >= 4 is 0 Å². The van der Waals surface area contributed by atoms with E-state index in [0.29, 0.717) is 0 Å². The molecule has 0 aromatic heterocycles. The highest BCUT2D eigenvalue weighted by molar-refractivity contribution is 5.37. The van der Waals surface area contributed by atoms with Gasteiger partial charge in [-0.1, -0.05) is 0 Å². The summed E-state index contributed by atoms with van der Waals surface area (Å²) in [4.78, 5) is 0. The summed E-state index contributed by atoms with van der Waals surface area (Å²) in [5, 5.41) is 8.31. The lowest BCUT2D eigenvalue weighted by Gasteiger charge is -1.85. The molecule has 0 unspecified atom stereocenters. The first kappa shape index (κ1) is 4.99. The molecule has 8 heavy (non-hydrogen) atoms. The van der Waals surface area contributed by atoms with Gasteiger partial charge in [0, 0.05) is 18.6 Å². The van der Waals surface area contributed by atoms with Crippen molar-refractivity contribution in [2.75, 3.05) is 0 Å². The second kappa shape index (κ2) is 2.23. The Bertz CT molecular complexity index is 169. The fourth-order valence-electron chi connectivity index (χ4n) is 0.596. The summed E-state index contributed by atoms with van der Waals surface area (Å²) in [6.07, 6.45) is 8.53. The molecule has 0 fully saturated rings. The maximum Gasteiger partial charge on any atom is 0.225 e. The third-order valence-electron chi connectivity index (χ3n) is 1.01. The van der Waals surface area contributed by atoms with Crippen molar-refractivity contribution in [3.05, 3.63) is 30.2 Å². The standard InChI is InChI=1S/C7H6N/c8-6-7-4-2-1-3-5-7/h1-2,4-5H,3H2/q+1. The van der Waals surface area contributed by atoms with E-state index in [9.17, 15) is 0 Å². The predicted octanol–water partition coefficient (Wildman–Crippen LogP) is 1.60. The highest BCUT2D eigenvalue weighted by atomic mass is 14.2. The van der Waals surface area contributed by atoms with Gasteiger partial charge in [0.2, 0.25) is 6.07 Å². The van der Waals surface area contributed by atoms with Crippen molar-refractivity contribution in [3.63, 3.8) is 0 Å². The molecular weight excluding hydrogens is 98.1 g/mol. The summed E-state index contributed by atoms with van der Waals surface area (Å²) in [6, 6.07) is 2.06. The largest absolute Gasteiger partial charge is 0.225 e. The van der Waals surface area contributed by atoms with Crippen LogP contribution in [0, 0.1) is 17.8 Å². The molecule has 1 aliphatic rings. The van der Waals surface area contributed by atoms with Crippen LogP contribution < -0.4 is 0 Å². The smallest absolute Gasteiger partial charge is 0.121 e. The van der Waals surface area contributed by atoms with E-state index in [1.165, 1.54) is 0 Å². The molecule has 1 nitrogen and oxygen atoms in total. The Kier molecular flexibility index (Phi) is 1.39. The van der Waals surface area contributed by atoms with Gasteiger partial charge in [-0.15, -0.1) is 5.26 Å².